The number of fused-ring (bicyclic) bond motifs is 3. The van der Waals surface area contributed by atoms with Gasteiger partial charge in [-0.1, -0.05) is 0 Å². The molecule has 1 aliphatic carbocycles. The van der Waals surface area contributed by atoms with Crippen LogP contribution in [0.25, 0.3) is 10.4 Å². The lowest BCUT2D eigenvalue weighted by atomic mass is 9.91. The zero-order chi connectivity index (χ0) is 16.7. The standard InChI is InChI=1S/C18H16O5S/c1-21-12-4-5-13-10(8-12)2-3-11-9-15(24-16(11)13)18(20)23-14-6-7-22-17(14)19/h4-5,8-9,14H,2-3,6-7H2,1H3/t14-/m0/s1. The predicted molar refractivity (Wildman–Crippen MR) is 88.5 cm³/mol. The van der Waals surface area contributed by atoms with E-state index in [1.165, 1.54) is 16.9 Å². The molecule has 4 rings (SSSR count). The zero-order valence-electron chi connectivity index (χ0n) is 13.2. The lowest BCUT2D eigenvalue weighted by Crippen LogP contribution is -2.22. The van der Waals surface area contributed by atoms with E-state index in [0.717, 1.165) is 34.6 Å². The van der Waals surface area contributed by atoms with Gasteiger partial charge in [0.1, 0.15) is 10.6 Å². The summed E-state index contributed by atoms with van der Waals surface area (Å²) in [5, 5.41) is 0. The number of rotatable bonds is 3. The van der Waals surface area contributed by atoms with Crippen molar-refractivity contribution in [1.29, 1.82) is 0 Å². The third kappa shape index (κ3) is 2.57. The first kappa shape index (κ1) is 15.2. The summed E-state index contributed by atoms with van der Waals surface area (Å²) in [6, 6.07) is 7.90. The zero-order valence-corrected chi connectivity index (χ0v) is 14.0. The molecule has 0 amide bonds. The molecule has 2 aliphatic rings. The van der Waals surface area contributed by atoms with Crippen LogP contribution in [0.5, 0.6) is 5.75 Å². The van der Waals surface area contributed by atoms with Gasteiger partial charge in [0.2, 0.25) is 6.10 Å². The molecule has 1 fully saturated rings. The monoisotopic (exact) mass is 344 g/mol. The van der Waals surface area contributed by atoms with Gasteiger partial charge in [-0.15, -0.1) is 11.3 Å². The van der Waals surface area contributed by atoms with Gasteiger partial charge in [-0.25, -0.2) is 9.59 Å². The summed E-state index contributed by atoms with van der Waals surface area (Å²) in [7, 11) is 1.66. The van der Waals surface area contributed by atoms with Crippen molar-refractivity contribution < 1.29 is 23.8 Å². The molecule has 2 heterocycles. The maximum Gasteiger partial charge on any atom is 0.349 e. The number of ether oxygens (including phenoxy) is 3. The maximum absolute atomic E-state index is 12.3. The van der Waals surface area contributed by atoms with E-state index in [0.29, 0.717) is 17.9 Å². The Hall–Kier alpha value is -2.34. The van der Waals surface area contributed by atoms with Crippen LogP contribution in [-0.2, 0) is 27.1 Å². The second-order valence-corrected chi connectivity index (χ2v) is 6.89. The first-order valence-corrected chi connectivity index (χ1v) is 8.65. The molecule has 24 heavy (non-hydrogen) atoms. The number of hydrogen-bond acceptors (Lipinski definition) is 6. The van der Waals surface area contributed by atoms with E-state index in [-0.39, 0.29) is 0 Å². The van der Waals surface area contributed by atoms with Gasteiger partial charge in [-0.2, -0.15) is 0 Å². The molecule has 5 nitrogen and oxygen atoms in total. The SMILES string of the molecule is COc1ccc2c(c1)CCc1cc(C(=O)O[C@H]3CCOC3=O)sc1-2. The Morgan fingerprint density at radius 1 is 1.25 bits per heavy atom. The number of carbonyl (C=O) groups excluding carboxylic acids is 2. The van der Waals surface area contributed by atoms with Crippen LogP contribution in [0, 0.1) is 0 Å². The molecule has 0 radical (unpaired) electrons. The second-order valence-electron chi connectivity index (χ2n) is 5.84. The molecule has 1 saturated heterocycles. The number of thiophene rings is 1. The molecule has 1 atom stereocenters. The van der Waals surface area contributed by atoms with E-state index in [1.54, 1.807) is 7.11 Å². The largest absolute Gasteiger partial charge is 0.497 e. The Labute approximate surface area is 143 Å². The summed E-state index contributed by atoms with van der Waals surface area (Å²) in [5.41, 5.74) is 3.52. The molecule has 6 heteroatoms. The van der Waals surface area contributed by atoms with E-state index >= 15 is 0 Å². The van der Waals surface area contributed by atoms with Crippen LogP contribution in [0.4, 0.5) is 0 Å². The van der Waals surface area contributed by atoms with Gasteiger partial charge in [0.05, 0.1) is 13.7 Å². The van der Waals surface area contributed by atoms with Crippen molar-refractivity contribution in [3.05, 3.63) is 40.3 Å². The van der Waals surface area contributed by atoms with Crippen LogP contribution in [-0.4, -0.2) is 31.8 Å². The molecule has 0 bridgehead atoms. The second kappa shape index (κ2) is 5.94. The lowest BCUT2D eigenvalue weighted by Gasteiger charge is -2.16. The third-order valence-corrected chi connectivity index (χ3v) is 5.56. The van der Waals surface area contributed by atoms with Gasteiger partial charge in [-0.05, 0) is 53.8 Å². The minimum absolute atomic E-state index is 0.312. The molecular weight excluding hydrogens is 328 g/mol. The fraction of sp³-hybridized carbons (Fsp3) is 0.333. The summed E-state index contributed by atoms with van der Waals surface area (Å²) in [6.07, 6.45) is 1.45. The Bertz CT molecular complexity index is 823. The fourth-order valence-electron chi connectivity index (χ4n) is 3.11. The van der Waals surface area contributed by atoms with Crippen molar-refractivity contribution in [3.8, 4) is 16.2 Å². The smallest absolute Gasteiger partial charge is 0.349 e. The molecule has 1 aliphatic heterocycles. The highest BCUT2D eigenvalue weighted by Gasteiger charge is 2.31. The molecule has 1 aromatic heterocycles. The van der Waals surface area contributed by atoms with Crippen LogP contribution in [0.2, 0.25) is 0 Å². The first-order valence-electron chi connectivity index (χ1n) is 7.83. The van der Waals surface area contributed by atoms with E-state index in [1.807, 2.05) is 24.3 Å². The van der Waals surface area contributed by atoms with Crippen LogP contribution >= 0.6 is 11.3 Å². The fourth-order valence-corrected chi connectivity index (χ4v) is 4.26. The van der Waals surface area contributed by atoms with E-state index < -0.39 is 18.0 Å². The average Bonchev–Trinajstić information content (AvgIpc) is 3.21. The highest BCUT2D eigenvalue weighted by Crippen LogP contribution is 2.41. The Kier molecular flexibility index (Phi) is 3.76. The molecule has 1 aromatic carbocycles. The van der Waals surface area contributed by atoms with Gasteiger partial charge >= 0.3 is 11.9 Å². The first-order chi connectivity index (χ1) is 11.7. The van der Waals surface area contributed by atoms with Crippen molar-refractivity contribution >= 4 is 23.3 Å². The number of benzene rings is 1. The summed E-state index contributed by atoms with van der Waals surface area (Å²) < 4.78 is 15.4. The molecule has 2 aromatic rings. The lowest BCUT2D eigenvalue weighted by molar-refractivity contribution is -0.145. The number of cyclic esters (lactones) is 1. The normalized spacial score (nSPS) is 18.5. The minimum atomic E-state index is -0.770. The summed E-state index contributed by atoms with van der Waals surface area (Å²) >= 11 is 1.42. The number of carbonyl (C=O) groups is 2. The van der Waals surface area contributed by atoms with E-state index in [4.69, 9.17) is 14.2 Å². The van der Waals surface area contributed by atoms with Gasteiger partial charge in [0.25, 0.3) is 0 Å². The van der Waals surface area contributed by atoms with Crippen LogP contribution in [0.1, 0.15) is 27.2 Å². The number of methoxy groups -OCH3 is 1. The number of hydrogen-bond donors (Lipinski definition) is 0. The van der Waals surface area contributed by atoms with Crippen molar-refractivity contribution in [2.75, 3.05) is 13.7 Å². The quantitative estimate of drug-likeness (QED) is 0.801. The van der Waals surface area contributed by atoms with Crippen molar-refractivity contribution in [2.45, 2.75) is 25.4 Å². The van der Waals surface area contributed by atoms with Gasteiger partial charge < -0.3 is 14.2 Å². The third-order valence-electron chi connectivity index (χ3n) is 4.37. The van der Waals surface area contributed by atoms with Gasteiger partial charge in [0.15, 0.2) is 0 Å². The van der Waals surface area contributed by atoms with Crippen molar-refractivity contribution in [2.24, 2.45) is 0 Å². The van der Waals surface area contributed by atoms with Gasteiger partial charge in [0, 0.05) is 11.3 Å². The highest BCUT2D eigenvalue weighted by atomic mass is 32.1. The summed E-state index contributed by atoms with van der Waals surface area (Å²) in [4.78, 5) is 25.4. The molecule has 0 unspecified atom stereocenters. The van der Waals surface area contributed by atoms with E-state index in [9.17, 15) is 9.59 Å². The Morgan fingerprint density at radius 3 is 2.83 bits per heavy atom. The average molecular weight is 344 g/mol. The van der Waals surface area contributed by atoms with Gasteiger partial charge in [-0.3, -0.25) is 0 Å². The Balaban J connectivity index is 1.61. The summed E-state index contributed by atoms with van der Waals surface area (Å²) in [5.74, 6) is -0.0662. The highest BCUT2D eigenvalue weighted by molar-refractivity contribution is 7.17. The van der Waals surface area contributed by atoms with Crippen LogP contribution in [0.15, 0.2) is 24.3 Å². The number of esters is 2. The molecule has 0 spiro atoms. The molecule has 124 valence electrons. The van der Waals surface area contributed by atoms with Crippen molar-refractivity contribution in [1.82, 2.24) is 0 Å². The topological polar surface area (TPSA) is 61.8 Å². The Morgan fingerprint density at radius 2 is 2.08 bits per heavy atom. The van der Waals surface area contributed by atoms with Crippen LogP contribution < -0.4 is 4.74 Å². The van der Waals surface area contributed by atoms with Crippen molar-refractivity contribution in [3.63, 3.8) is 0 Å². The predicted octanol–water partition coefficient (Wildman–Crippen LogP) is 2.99. The molecular formula is C18H16O5S. The van der Waals surface area contributed by atoms with Crippen LogP contribution in [0.3, 0.4) is 0 Å². The molecule has 0 saturated carbocycles. The maximum atomic E-state index is 12.3. The minimum Gasteiger partial charge on any atom is -0.497 e. The van der Waals surface area contributed by atoms with E-state index in [2.05, 4.69) is 0 Å². The number of aryl methyl sites for hydroxylation is 2. The summed E-state index contributed by atoms with van der Waals surface area (Å²) in [6.45, 7) is 0.312. The molecule has 0 N–H and O–H groups in total.